The topological polar surface area (TPSA) is 64.7 Å². The summed E-state index contributed by atoms with van der Waals surface area (Å²) in [6.07, 6.45) is 5.34. The molecule has 3 aromatic rings. The first-order chi connectivity index (χ1) is 10.7. The molecule has 2 aromatic heterocycles. The Kier molecular flexibility index (Phi) is 4.45. The monoisotopic (exact) mass is 333 g/mol. The van der Waals surface area contributed by atoms with Crippen LogP contribution in [-0.4, -0.2) is 31.2 Å². The molecule has 3 rings (SSSR count). The van der Waals surface area contributed by atoms with Gasteiger partial charge in [-0.3, -0.25) is 9.47 Å². The van der Waals surface area contributed by atoms with Crippen molar-refractivity contribution in [3.05, 3.63) is 60.1 Å². The maximum atomic E-state index is 12.0. The number of amides is 1. The molecule has 0 unspecified atom stereocenters. The molecule has 112 valence electrons. The van der Waals surface area contributed by atoms with Crippen LogP contribution in [0.2, 0.25) is 5.02 Å². The first kappa shape index (κ1) is 14.7. The van der Waals surface area contributed by atoms with Gasteiger partial charge in [0.15, 0.2) is 0 Å². The molecule has 8 heteroatoms. The number of hydrogen-bond donors (Lipinski definition) is 1. The van der Waals surface area contributed by atoms with Crippen LogP contribution >= 0.6 is 23.4 Å². The molecule has 1 N–H and O–H groups in total. The number of aromatic nitrogens is 4. The third-order valence-corrected chi connectivity index (χ3v) is 4.08. The van der Waals surface area contributed by atoms with Crippen LogP contribution in [0.4, 0.5) is 5.69 Å². The van der Waals surface area contributed by atoms with Crippen molar-refractivity contribution in [2.75, 3.05) is 11.1 Å². The SMILES string of the molecule is O=C(CSc1nncn1-n1cccc1)Nc1ccccc1Cl. The van der Waals surface area contributed by atoms with E-state index in [2.05, 4.69) is 15.5 Å². The van der Waals surface area contributed by atoms with Gasteiger partial charge in [0.25, 0.3) is 0 Å². The smallest absolute Gasteiger partial charge is 0.234 e. The van der Waals surface area contributed by atoms with Gasteiger partial charge in [-0.1, -0.05) is 35.5 Å². The Hall–Kier alpha value is -2.25. The van der Waals surface area contributed by atoms with E-state index in [1.165, 1.54) is 11.8 Å². The van der Waals surface area contributed by atoms with Crippen LogP contribution in [0.3, 0.4) is 0 Å². The van der Waals surface area contributed by atoms with Gasteiger partial charge in [0.1, 0.15) is 6.33 Å². The zero-order valence-corrected chi connectivity index (χ0v) is 13.0. The fourth-order valence-electron chi connectivity index (χ4n) is 1.82. The third-order valence-electron chi connectivity index (χ3n) is 2.82. The predicted octanol–water partition coefficient (Wildman–Crippen LogP) is 2.78. The molecule has 6 nitrogen and oxygen atoms in total. The van der Waals surface area contributed by atoms with Crippen molar-refractivity contribution in [3.8, 4) is 0 Å². The maximum Gasteiger partial charge on any atom is 0.234 e. The van der Waals surface area contributed by atoms with Crippen molar-refractivity contribution in [2.45, 2.75) is 5.16 Å². The molecule has 2 heterocycles. The summed E-state index contributed by atoms with van der Waals surface area (Å²) in [7, 11) is 0. The van der Waals surface area contributed by atoms with E-state index in [1.54, 1.807) is 23.1 Å². The number of hydrogen-bond acceptors (Lipinski definition) is 4. The normalized spacial score (nSPS) is 10.6. The number of thioether (sulfide) groups is 1. The van der Waals surface area contributed by atoms with Gasteiger partial charge in [0.2, 0.25) is 11.1 Å². The van der Waals surface area contributed by atoms with Crippen LogP contribution in [0.15, 0.2) is 60.3 Å². The predicted molar refractivity (Wildman–Crippen MR) is 86.1 cm³/mol. The van der Waals surface area contributed by atoms with Gasteiger partial charge < -0.3 is 5.32 Å². The molecule has 0 atom stereocenters. The van der Waals surface area contributed by atoms with Crippen LogP contribution in [0.5, 0.6) is 0 Å². The van der Waals surface area contributed by atoms with E-state index in [4.69, 9.17) is 11.6 Å². The molecular formula is C14H12ClN5OS. The highest BCUT2D eigenvalue weighted by Gasteiger charge is 2.10. The van der Waals surface area contributed by atoms with E-state index in [-0.39, 0.29) is 11.7 Å². The van der Waals surface area contributed by atoms with Crippen molar-refractivity contribution >= 4 is 35.0 Å². The average Bonchev–Trinajstić information content (AvgIpc) is 3.18. The molecule has 1 amide bonds. The first-order valence-electron chi connectivity index (χ1n) is 6.45. The number of carbonyl (C=O) groups excluding carboxylic acids is 1. The Morgan fingerprint density at radius 3 is 2.77 bits per heavy atom. The van der Waals surface area contributed by atoms with Crippen LogP contribution in [0, 0.1) is 0 Å². The molecule has 0 bridgehead atoms. The van der Waals surface area contributed by atoms with E-state index in [0.717, 1.165) is 0 Å². The van der Waals surface area contributed by atoms with E-state index in [1.807, 2.05) is 41.3 Å². The van der Waals surface area contributed by atoms with E-state index >= 15 is 0 Å². The summed E-state index contributed by atoms with van der Waals surface area (Å²) >= 11 is 7.31. The van der Waals surface area contributed by atoms with Gasteiger partial charge in [0, 0.05) is 12.4 Å². The summed E-state index contributed by atoms with van der Waals surface area (Å²) in [6, 6.07) is 10.9. The van der Waals surface area contributed by atoms with Gasteiger partial charge in [-0.05, 0) is 24.3 Å². The lowest BCUT2D eigenvalue weighted by Gasteiger charge is -2.08. The lowest BCUT2D eigenvalue weighted by atomic mass is 10.3. The molecule has 0 saturated heterocycles. The second-order valence-electron chi connectivity index (χ2n) is 4.34. The van der Waals surface area contributed by atoms with Gasteiger partial charge in [-0.25, -0.2) is 4.68 Å². The average molecular weight is 334 g/mol. The minimum atomic E-state index is -0.153. The molecule has 0 aliphatic carbocycles. The summed E-state index contributed by atoms with van der Waals surface area (Å²) in [5, 5.41) is 11.8. The molecular weight excluding hydrogens is 322 g/mol. The van der Waals surface area contributed by atoms with E-state index < -0.39 is 0 Å². The largest absolute Gasteiger partial charge is 0.324 e. The van der Waals surface area contributed by atoms with Crippen LogP contribution in [0.25, 0.3) is 0 Å². The molecule has 0 aliphatic heterocycles. The molecule has 0 radical (unpaired) electrons. The second kappa shape index (κ2) is 6.67. The number of halogens is 1. The second-order valence-corrected chi connectivity index (χ2v) is 5.69. The Morgan fingerprint density at radius 1 is 1.23 bits per heavy atom. The van der Waals surface area contributed by atoms with Crippen molar-refractivity contribution < 1.29 is 4.79 Å². The zero-order valence-electron chi connectivity index (χ0n) is 11.4. The van der Waals surface area contributed by atoms with Gasteiger partial charge in [-0.15, -0.1) is 10.2 Å². The third kappa shape index (κ3) is 3.32. The molecule has 22 heavy (non-hydrogen) atoms. The summed E-state index contributed by atoms with van der Waals surface area (Å²) in [6.45, 7) is 0. The molecule has 0 spiro atoms. The van der Waals surface area contributed by atoms with Gasteiger partial charge in [0.05, 0.1) is 16.5 Å². The van der Waals surface area contributed by atoms with Crippen molar-refractivity contribution in [3.63, 3.8) is 0 Å². The Balaban J connectivity index is 1.63. The zero-order chi connectivity index (χ0) is 15.4. The molecule has 0 fully saturated rings. The van der Waals surface area contributed by atoms with Crippen LogP contribution in [-0.2, 0) is 4.79 Å². The number of rotatable bonds is 5. The molecule has 0 aliphatic rings. The van der Waals surface area contributed by atoms with E-state index in [0.29, 0.717) is 15.9 Å². The van der Waals surface area contributed by atoms with Crippen LogP contribution < -0.4 is 5.32 Å². The summed E-state index contributed by atoms with van der Waals surface area (Å²) in [4.78, 5) is 12.0. The Morgan fingerprint density at radius 2 is 2.00 bits per heavy atom. The lowest BCUT2D eigenvalue weighted by Crippen LogP contribution is -2.15. The minimum absolute atomic E-state index is 0.153. The number of nitrogens with one attached hydrogen (secondary N) is 1. The number of para-hydroxylation sites is 1. The Bertz CT molecular complexity index is 771. The first-order valence-corrected chi connectivity index (χ1v) is 7.81. The summed E-state index contributed by atoms with van der Waals surface area (Å²) < 4.78 is 3.59. The Labute approximate surface area is 136 Å². The fraction of sp³-hybridized carbons (Fsp3) is 0.0714. The minimum Gasteiger partial charge on any atom is -0.324 e. The van der Waals surface area contributed by atoms with Crippen molar-refractivity contribution in [1.29, 1.82) is 0 Å². The maximum absolute atomic E-state index is 12.0. The highest BCUT2D eigenvalue weighted by molar-refractivity contribution is 7.99. The quantitative estimate of drug-likeness (QED) is 0.729. The summed E-state index contributed by atoms with van der Waals surface area (Å²) in [5.41, 5.74) is 0.599. The highest BCUT2D eigenvalue weighted by atomic mass is 35.5. The highest BCUT2D eigenvalue weighted by Crippen LogP contribution is 2.21. The van der Waals surface area contributed by atoms with Gasteiger partial charge in [-0.2, -0.15) is 0 Å². The van der Waals surface area contributed by atoms with Crippen molar-refractivity contribution in [1.82, 2.24) is 19.5 Å². The van der Waals surface area contributed by atoms with Crippen LogP contribution in [0.1, 0.15) is 0 Å². The van der Waals surface area contributed by atoms with Gasteiger partial charge >= 0.3 is 0 Å². The number of anilines is 1. The number of carbonyl (C=O) groups is 1. The molecule has 0 saturated carbocycles. The molecule has 1 aromatic carbocycles. The summed E-state index contributed by atoms with van der Waals surface area (Å²) in [5.74, 6) is 0.0608. The van der Waals surface area contributed by atoms with Crippen molar-refractivity contribution in [2.24, 2.45) is 0 Å². The number of benzene rings is 1. The number of nitrogens with zero attached hydrogens (tertiary/aromatic N) is 4. The standard InChI is InChI=1S/C14H12ClN5OS/c15-11-5-1-2-6-12(11)17-13(21)9-22-14-18-16-10-20(14)19-7-3-4-8-19/h1-8,10H,9H2,(H,17,21). The lowest BCUT2D eigenvalue weighted by molar-refractivity contribution is -0.113. The van der Waals surface area contributed by atoms with E-state index in [9.17, 15) is 4.79 Å². The fourth-order valence-corrected chi connectivity index (χ4v) is 2.71.